The van der Waals surface area contributed by atoms with Gasteiger partial charge < -0.3 is 0 Å². The number of hydrazone groups is 1. The Morgan fingerprint density at radius 1 is 1.90 bits per heavy atom. The molecule has 0 aromatic heterocycles. The van der Waals surface area contributed by atoms with E-state index in [4.69, 9.17) is 0 Å². The summed E-state index contributed by atoms with van der Waals surface area (Å²) in [5.74, 6) is -0.0881. The molecule has 1 heterocycles. The first-order valence-electron chi connectivity index (χ1n) is 3.20. The monoisotopic (exact) mass is 138 g/mol. The fraction of sp³-hybridized carbons (Fsp3) is 0.429. The third-order valence-electron chi connectivity index (χ3n) is 1.57. The first kappa shape index (κ1) is 6.99. The van der Waals surface area contributed by atoms with Crippen molar-refractivity contribution in [3.8, 4) is 0 Å². The Morgan fingerprint density at radius 3 is 3.00 bits per heavy atom. The van der Waals surface area contributed by atoms with Crippen molar-refractivity contribution >= 4 is 11.6 Å². The van der Waals surface area contributed by atoms with Gasteiger partial charge in [0.25, 0.3) is 0 Å². The molecule has 0 aromatic carbocycles. The molecule has 0 saturated heterocycles. The number of hydrogen-bond acceptors (Lipinski definition) is 2. The molecule has 0 unspecified atom stereocenters. The van der Waals surface area contributed by atoms with Crippen LogP contribution in [0.15, 0.2) is 17.8 Å². The van der Waals surface area contributed by atoms with Gasteiger partial charge in [0.05, 0.1) is 5.92 Å². The quantitative estimate of drug-likeness (QED) is 0.560. The summed E-state index contributed by atoms with van der Waals surface area (Å²) in [5, 5.41) is 3.79. The average molecular weight is 138 g/mol. The number of carbonyl (C=O) groups excluding carboxylic acids is 1. The summed E-state index contributed by atoms with van der Waals surface area (Å²) in [6.45, 7) is 5.40. The van der Waals surface area contributed by atoms with E-state index in [0.29, 0.717) is 6.42 Å². The summed E-state index contributed by atoms with van der Waals surface area (Å²) in [7, 11) is 0. The van der Waals surface area contributed by atoms with Gasteiger partial charge in [-0.15, -0.1) is 6.58 Å². The minimum atomic E-state index is -0.0718. The molecule has 10 heavy (non-hydrogen) atoms. The number of allylic oxidation sites excluding steroid dienone is 1. The summed E-state index contributed by atoms with van der Waals surface area (Å²) < 4.78 is 0. The molecule has 0 aliphatic carbocycles. The Kier molecular flexibility index (Phi) is 1.85. The molecular weight excluding hydrogens is 128 g/mol. The summed E-state index contributed by atoms with van der Waals surface area (Å²) >= 11 is 0. The lowest BCUT2D eigenvalue weighted by Crippen LogP contribution is -2.21. The Balaban J connectivity index is 2.64. The first-order valence-corrected chi connectivity index (χ1v) is 3.20. The maximum absolute atomic E-state index is 10.9. The minimum absolute atomic E-state index is 0.0163. The van der Waals surface area contributed by atoms with Crippen LogP contribution in [0.2, 0.25) is 0 Å². The second-order valence-electron chi connectivity index (χ2n) is 2.31. The highest BCUT2D eigenvalue weighted by Gasteiger charge is 2.24. The number of nitrogens with one attached hydrogen (secondary N) is 1. The molecule has 0 spiro atoms. The van der Waals surface area contributed by atoms with Gasteiger partial charge in [-0.3, -0.25) is 4.79 Å². The lowest BCUT2D eigenvalue weighted by atomic mass is 10.0. The summed E-state index contributed by atoms with van der Waals surface area (Å²) in [6, 6.07) is 0. The van der Waals surface area contributed by atoms with E-state index in [1.807, 2.05) is 6.92 Å². The van der Waals surface area contributed by atoms with E-state index in [-0.39, 0.29) is 11.8 Å². The molecule has 0 fully saturated rings. The topological polar surface area (TPSA) is 41.5 Å². The molecule has 0 radical (unpaired) electrons. The van der Waals surface area contributed by atoms with Crippen LogP contribution in [0.5, 0.6) is 0 Å². The Labute approximate surface area is 59.8 Å². The number of nitrogens with zero attached hydrogens (tertiary/aromatic N) is 1. The smallest absolute Gasteiger partial charge is 0.249 e. The number of carbonyl (C=O) groups is 1. The fourth-order valence-electron chi connectivity index (χ4n) is 0.933. The van der Waals surface area contributed by atoms with Gasteiger partial charge in [0.1, 0.15) is 0 Å². The van der Waals surface area contributed by atoms with Crippen LogP contribution in [-0.2, 0) is 4.79 Å². The second-order valence-corrected chi connectivity index (χ2v) is 2.31. The molecule has 1 N–H and O–H groups in total. The van der Waals surface area contributed by atoms with Crippen molar-refractivity contribution in [3.05, 3.63) is 12.7 Å². The van der Waals surface area contributed by atoms with E-state index in [0.717, 1.165) is 5.71 Å². The zero-order valence-corrected chi connectivity index (χ0v) is 5.92. The van der Waals surface area contributed by atoms with Crippen molar-refractivity contribution in [3.63, 3.8) is 0 Å². The largest absolute Gasteiger partial charge is 0.272 e. The molecule has 1 rings (SSSR count). The molecule has 3 heteroatoms. The van der Waals surface area contributed by atoms with Crippen molar-refractivity contribution in [1.29, 1.82) is 0 Å². The Morgan fingerprint density at radius 2 is 2.60 bits per heavy atom. The highest BCUT2D eigenvalue weighted by Crippen LogP contribution is 2.10. The van der Waals surface area contributed by atoms with E-state index in [2.05, 4.69) is 17.1 Å². The fourth-order valence-corrected chi connectivity index (χ4v) is 0.933. The molecule has 54 valence electrons. The third-order valence-corrected chi connectivity index (χ3v) is 1.57. The molecule has 1 aliphatic rings. The van der Waals surface area contributed by atoms with Crippen LogP contribution in [0.1, 0.15) is 13.3 Å². The molecule has 3 nitrogen and oxygen atoms in total. The molecule has 1 amide bonds. The number of rotatable bonds is 2. The second kappa shape index (κ2) is 2.64. The van der Waals surface area contributed by atoms with Crippen LogP contribution in [-0.4, -0.2) is 11.6 Å². The highest BCUT2D eigenvalue weighted by molar-refractivity contribution is 6.06. The van der Waals surface area contributed by atoms with Crippen LogP contribution in [0, 0.1) is 5.92 Å². The van der Waals surface area contributed by atoms with Crippen LogP contribution < -0.4 is 5.43 Å². The van der Waals surface area contributed by atoms with Gasteiger partial charge in [0, 0.05) is 5.71 Å². The average Bonchev–Trinajstić information content (AvgIpc) is 2.20. The summed E-state index contributed by atoms with van der Waals surface area (Å²) in [4.78, 5) is 10.9. The van der Waals surface area contributed by atoms with Gasteiger partial charge in [-0.2, -0.15) is 5.10 Å². The van der Waals surface area contributed by atoms with Gasteiger partial charge in [-0.05, 0) is 13.3 Å². The zero-order valence-electron chi connectivity index (χ0n) is 5.92. The maximum Gasteiger partial charge on any atom is 0.249 e. The van der Waals surface area contributed by atoms with Crippen molar-refractivity contribution in [1.82, 2.24) is 5.43 Å². The van der Waals surface area contributed by atoms with Crippen molar-refractivity contribution < 1.29 is 4.79 Å². The molecule has 1 atom stereocenters. The molecule has 0 aromatic rings. The van der Waals surface area contributed by atoms with Crippen LogP contribution >= 0.6 is 0 Å². The van der Waals surface area contributed by atoms with Crippen LogP contribution in [0.25, 0.3) is 0 Å². The number of hydrogen-bond donors (Lipinski definition) is 1. The van der Waals surface area contributed by atoms with E-state index < -0.39 is 0 Å². The van der Waals surface area contributed by atoms with Crippen molar-refractivity contribution in [2.24, 2.45) is 11.0 Å². The van der Waals surface area contributed by atoms with Gasteiger partial charge >= 0.3 is 0 Å². The summed E-state index contributed by atoms with van der Waals surface area (Å²) in [5.41, 5.74) is 3.26. The first-order chi connectivity index (χ1) is 4.75. The summed E-state index contributed by atoms with van der Waals surface area (Å²) in [6.07, 6.45) is 2.41. The van der Waals surface area contributed by atoms with Gasteiger partial charge in [0.2, 0.25) is 5.91 Å². The van der Waals surface area contributed by atoms with Gasteiger partial charge in [0.15, 0.2) is 0 Å². The lowest BCUT2D eigenvalue weighted by molar-refractivity contribution is -0.122. The molecule has 1 aliphatic heterocycles. The zero-order chi connectivity index (χ0) is 7.56. The molecular formula is C7H10N2O. The molecule has 0 saturated carbocycles. The SMILES string of the molecule is C=CC[C@H]1C(=O)NN=C1C. The van der Waals surface area contributed by atoms with Gasteiger partial charge in [-0.25, -0.2) is 5.43 Å². The Hall–Kier alpha value is -1.12. The van der Waals surface area contributed by atoms with E-state index in [1.54, 1.807) is 6.08 Å². The van der Waals surface area contributed by atoms with E-state index >= 15 is 0 Å². The van der Waals surface area contributed by atoms with Crippen LogP contribution in [0.4, 0.5) is 0 Å². The normalized spacial score (nSPS) is 23.9. The lowest BCUT2D eigenvalue weighted by Gasteiger charge is -2.00. The predicted octanol–water partition coefficient (Wildman–Crippen LogP) is 0.684. The van der Waals surface area contributed by atoms with Crippen molar-refractivity contribution in [2.45, 2.75) is 13.3 Å². The predicted molar refractivity (Wildman–Crippen MR) is 39.6 cm³/mol. The van der Waals surface area contributed by atoms with E-state index in [9.17, 15) is 4.79 Å². The van der Waals surface area contributed by atoms with Gasteiger partial charge in [-0.1, -0.05) is 6.08 Å². The van der Waals surface area contributed by atoms with Crippen LogP contribution in [0.3, 0.4) is 0 Å². The Bertz CT molecular complexity index is 196. The highest BCUT2D eigenvalue weighted by atomic mass is 16.2. The van der Waals surface area contributed by atoms with Crippen molar-refractivity contribution in [2.75, 3.05) is 0 Å². The third kappa shape index (κ3) is 1.07. The number of amides is 1. The molecule has 0 bridgehead atoms. The standard InChI is InChI=1S/C7H10N2O/c1-3-4-6-5(2)8-9-7(6)10/h3,6H,1,4H2,2H3,(H,9,10)/t6-/m1/s1. The minimum Gasteiger partial charge on any atom is -0.272 e. The van der Waals surface area contributed by atoms with E-state index in [1.165, 1.54) is 0 Å². The maximum atomic E-state index is 10.9.